The van der Waals surface area contributed by atoms with E-state index < -0.39 is 0 Å². The van der Waals surface area contributed by atoms with Gasteiger partial charge in [0.05, 0.1) is 0 Å². The van der Waals surface area contributed by atoms with Crippen molar-refractivity contribution >= 4 is 0 Å². The van der Waals surface area contributed by atoms with Crippen molar-refractivity contribution in [2.45, 2.75) is 26.9 Å². The molecule has 0 fully saturated rings. The van der Waals surface area contributed by atoms with Gasteiger partial charge in [0.1, 0.15) is 12.4 Å². The molecule has 0 aliphatic heterocycles. The highest BCUT2D eigenvalue weighted by Gasteiger charge is 2.16. The Morgan fingerprint density at radius 2 is 1.87 bits per heavy atom. The van der Waals surface area contributed by atoms with Crippen molar-refractivity contribution < 1.29 is 9.84 Å². The molecule has 0 amide bonds. The molecule has 3 N–H and O–H groups in total. The van der Waals surface area contributed by atoms with Crippen molar-refractivity contribution in [1.82, 2.24) is 0 Å². The first-order valence-corrected chi connectivity index (χ1v) is 8.21. The third-order valence-corrected chi connectivity index (χ3v) is 4.45. The molecule has 2 aromatic carbocycles. The number of aryl methyl sites for hydroxylation is 1. The Balaban J connectivity index is 1.97. The maximum absolute atomic E-state index is 9.37. The number of hydrogen-bond acceptors (Lipinski definition) is 3. The SMILES string of the molecule is Cc1cc(OCc2ccccc2)ccc1CC(C)C(CN)CO. The lowest BCUT2D eigenvalue weighted by Gasteiger charge is -2.21. The van der Waals surface area contributed by atoms with Crippen LogP contribution in [0.1, 0.15) is 23.6 Å². The van der Waals surface area contributed by atoms with Crippen LogP contribution >= 0.6 is 0 Å². The molecule has 2 unspecified atom stereocenters. The van der Waals surface area contributed by atoms with E-state index in [1.165, 1.54) is 11.1 Å². The summed E-state index contributed by atoms with van der Waals surface area (Å²) in [7, 11) is 0. The quantitative estimate of drug-likeness (QED) is 0.786. The monoisotopic (exact) mass is 313 g/mol. The molecule has 2 aromatic rings. The molecular formula is C20H27NO2. The molecule has 3 heteroatoms. The van der Waals surface area contributed by atoms with Gasteiger partial charge in [-0.1, -0.05) is 43.3 Å². The molecule has 0 heterocycles. The third-order valence-electron chi connectivity index (χ3n) is 4.45. The Labute approximate surface area is 139 Å². The summed E-state index contributed by atoms with van der Waals surface area (Å²) in [5.41, 5.74) is 9.39. The lowest BCUT2D eigenvalue weighted by Crippen LogP contribution is -2.26. The van der Waals surface area contributed by atoms with E-state index in [4.69, 9.17) is 10.5 Å². The van der Waals surface area contributed by atoms with Crippen LogP contribution in [0.15, 0.2) is 48.5 Å². The summed E-state index contributed by atoms with van der Waals surface area (Å²) in [6.45, 7) is 5.50. The van der Waals surface area contributed by atoms with Gasteiger partial charge in [-0.3, -0.25) is 0 Å². The number of benzene rings is 2. The fraction of sp³-hybridized carbons (Fsp3) is 0.400. The van der Waals surface area contributed by atoms with Gasteiger partial charge in [-0.2, -0.15) is 0 Å². The predicted octanol–water partition coefficient (Wildman–Crippen LogP) is 3.32. The van der Waals surface area contributed by atoms with Crippen molar-refractivity contribution in [2.24, 2.45) is 17.6 Å². The number of nitrogens with two attached hydrogens (primary N) is 1. The lowest BCUT2D eigenvalue weighted by molar-refractivity contribution is 0.187. The molecule has 3 nitrogen and oxygen atoms in total. The summed E-state index contributed by atoms with van der Waals surface area (Å²) >= 11 is 0. The molecule has 0 aliphatic carbocycles. The first-order chi connectivity index (χ1) is 11.1. The first kappa shape index (κ1) is 17.5. The molecule has 2 rings (SSSR count). The smallest absolute Gasteiger partial charge is 0.120 e. The van der Waals surface area contributed by atoms with Crippen molar-refractivity contribution in [2.75, 3.05) is 13.2 Å². The summed E-state index contributed by atoms with van der Waals surface area (Å²) in [5.74, 6) is 1.41. The summed E-state index contributed by atoms with van der Waals surface area (Å²) < 4.78 is 5.86. The van der Waals surface area contributed by atoms with Crippen LogP contribution in [0.25, 0.3) is 0 Å². The first-order valence-electron chi connectivity index (χ1n) is 8.21. The molecule has 2 atom stereocenters. The molecule has 0 bridgehead atoms. The van der Waals surface area contributed by atoms with E-state index in [1.54, 1.807) is 0 Å². The van der Waals surface area contributed by atoms with Gasteiger partial charge in [0.2, 0.25) is 0 Å². The van der Waals surface area contributed by atoms with Crippen LogP contribution in [0, 0.1) is 18.8 Å². The van der Waals surface area contributed by atoms with Gasteiger partial charge in [0.15, 0.2) is 0 Å². The molecule has 0 aliphatic rings. The highest BCUT2D eigenvalue weighted by atomic mass is 16.5. The van der Waals surface area contributed by atoms with Gasteiger partial charge >= 0.3 is 0 Å². The van der Waals surface area contributed by atoms with Crippen LogP contribution in [0.2, 0.25) is 0 Å². The Kier molecular flexibility index (Phi) is 6.63. The standard InChI is InChI=1S/C20H27NO2/c1-15(19(12-21)13-22)10-18-8-9-20(11-16(18)2)23-14-17-6-4-3-5-7-17/h3-9,11,15,19,22H,10,12-14,21H2,1-2H3. The molecule has 124 valence electrons. The molecule has 0 aromatic heterocycles. The predicted molar refractivity (Wildman–Crippen MR) is 94.5 cm³/mol. The second-order valence-corrected chi connectivity index (χ2v) is 6.22. The van der Waals surface area contributed by atoms with Gasteiger partial charge in [-0.15, -0.1) is 0 Å². The Bertz CT molecular complexity index is 594. The van der Waals surface area contributed by atoms with Crippen molar-refractivity contribution in [1.29, 1.82) is 0 Å². The van der Waals surface area contributed by atoms with Crippen LogP contribution in [-0.4, -0.2) is 18.3 Å². The van der Waals surface area contributed by atoms with Crippen LogP contribution < -0.4 is 10.5 Å². The average molecular weight is 313 g/mol. The zero-order valence-corrected chi connectivity index (χ0v) is 14.0. The second-order valence-electron chi connectivity index (χ2n) is 6.22. The molecule has 0 spiro atoms. The van der Waals surface area contributed by atoms with Gasteiger partial charge in [0.25, 0.3) is 0 Å². The summed E-state index contributed by atoms with van der Waals surface area (Å²) in [6, 6.07) is 16.4. The van der Waals surface area contributed by atoms with E-state index in [9.17, 15) is 5.11 Å². The van der Waals surface area contributed by atoms with Crippen LogP contribution in [-0.2, 0) is 13.0 Å². The normalized spacial score (nSPS) is 13.6. The maximum atomic E-state index is 9.37. The topological polar surface area (TPSA) is 55.5 Å². The summed E-state index contributed by atoms with van der Waals surface area (Å²) in [6.07, 6.45) is 0.924. The minimum Gasteiger partial charge on any atom is -0.489 e. The Morgan fingerprint density at radius 3 is 2.48 bits per heavy atom. The number of aliphatic hydroxyl groups is 1. The van der Waals surface area contributed by atoms with Crippen molar-refractivity contribution in [3.8, 4) is 5.75 Å². The number of ether oxygens (including phenoxy) is 1. The van der Waals surface area contributed by atoms with E-state index in [0.717, 1.165) is 17.7 Å². The van der Waals surface area contributed by atoms with Crippen LogP contribution in [0.4, 0.5) is 0 Å². The summed E-state index contributed by atoms with van der Waals surface area (Å²) in [4.78, 5) is 0. The zero-order valence-electron chi connectivity index (χ0n) is 14.0. The minimum absolute atomic E-state index is 0.148. The molecule has 0 radical (unpaired) electrons. The van der Waals surface area contributed by atoms with Crippen molar-refractivity contribution in [3.05, 3.63) is 65.2 Å². The van der Waals surface area contributed by atoms with E-state index in [2.05, 4.69) is 38.1 Å². The Hall–Kier alpha value is -1.84. The van der Waals surface area contributed by atoms with Crippen LogP contribution in [0.5, 0.6) is 5.75 Å². The molecule has 23 heavy (non-hydrogen) atoms. The summed E-state index contributed by atoms with van der Waals surface area (Å²) in [5, 5.41) is 9.37. The van der Waals surface area contributed by atoms with Gasteiger partial charge in [-0.05, 0) is 60.5 Å². The highest BCUT2D eigenvalue weighted by molar-refractivity contribution is 5.35. The van der Waals surface area contributed by atoms with E-state index in [-0.39, 0.29) is 12.5 Å². The second kappa shape index (κ2) is 8.70. The van der Waals surface area contributed by atoms with Crippen molar-refractivity contribution in [3.63, 3.8) is 0 Å². The number of hydrogen-bond donors (Lipinski definition) is 2. The van der Waals surface area contributed by atoms with E-state index in [1.807, 2.05) is 24.3 Å². The van der Waals surface area contributed by atoms with Crippen LogP contribution in [0.3, 0.4) is 0 Å². The zero-order chi connectivity index (χ0) is 16.7. The molecule has 0 saturated heterocycles. The minimum atomic E-state index is 0.148. The largest absolute Gasteiger partial charge is 0.489 e. The highest BCUT2D eigenvalue weighted by Crippen LogP contribution is 2.23. The van der Waals surface area contributed by atoms with Gasteiger partial charge in [0, 0.05) is 6.61 Å². The average Bonchev–Trinajstić information content (AvgIpc) is 2.57. The third kappa shape index (κ3) is 5.08. The maximum Gasteiger partial charge on any atom is 0.120 e. The number of aliphatic hydroxyl groups excluding tert-OH is 1. The fourth-order valence-corrected chi connectivity index (χ4v) is 2.73. The fourth-order valence-electron chi connectivity index (χ4n) is 2.73. The lowest BCUT2D eigenvalue weighted by atomic mass is 9.87. The van der Waals surface area contributed by atoms with Gasteiger partial charge < -0.3 is 15.6 Å². The Morgan fingerprint density at radius 1 is 1.13 bits per heavy atom. The molecular weight excluding hydrogens is 286 g/mol. The van der Waals surface area contributed by atoms with E-state index >= 15 is 0 Å². The molecule has 0 saturated carbocycles. The number of rotatable bonds is 8. The van der Waals surface area contributed by atoms with Gasteiger partial charge in [-0.25, -0.2) is 0 Å². The van der Waals surface area contributed by atoms with E-state index in [0.29, 0.717) is 19.1 Å².